The van der Waals surface area contributed by atoms with Gasteiger partial charge in [0.1, 0.15) is 0 Å². The molecule has 1 heterocycles. The van der Waals surface area contributed by atoms with E-state index in [4.69, 9.17) is 18.3 Å². The number of carboxylic acids is 1. The van der Waals surface area contributed by atoms with Crippen molar-refractivity contribution >= 4 is 23.7 Å². The Bertz CT molecular complexity index is 1670. The Morgan fingerprint density at radius 2 is 1.66 bits per heavy atom. The highest BCUT2D eigenvalue weighted by atomic mass is 16.6. The van der Waals surface area contributed by atoms with Gasteiger partial charge in [-0.15, -0.1) is 0 Å². The van der Waals surface area contributed by atoms with Crippen molar-refractivity contribution < 1.29 is 42.6 Å². The van der Waals surface area contributed by atoms with Gasteiger partial charge in [0.2, 0.25) is 0 Å². The van der Waals surface area contributed by atoms with Crippen LogP contribution in [-0.2, 0) is 35.3 Å². The lowest BCUT2D eigenvalue weighted by molar-refractivity contribution is -0.205. The van der Waals surface area contributed by atoms with Gasteiger partial charge in [-0.3, -0.25) is 19.2 Å². The summed E-state index contributed by atoms with van der Waals surface area (Å²) in [5, 5.41) is 13.7. The van der Waals surface area contributed by atoms with E-state index in [0.717, 1.165) is 31.3 Å². The quantitative estimate of drug-likeness (QED) is 0.300. The molecule has 0 spiro atoms. The number of esters is 2. The van der Waals surface area contributed by atoms with Crippen molar-refractivity contribution in [2.45, 2.75) is 125 Å². The number of carbonyl (C=O) groups is 4. The summed E-state index contributed by atoms with van der Waals surface area (Å²) < 4.78 is 20.9. The first kappa shape index (κ1) is 36.6. The highest BCUT2D eigenvalue weighted by Crippen LogP contribution is 2.75. The van der Waals surface area contributed by atoms with Gasteiger partial charge in [-0.2, -0.15) is 0 Å². The number of nitrogens with one attached hydrogen (secondary N) is 1. The molecular weight excluding hydrogens is 642 g/mol. The van der Waals surface area contributed by atoms with Gasteiger partial charge in [0.25, 0.3) is 0 Å². The summed E-state index contributed by atoms with van der Waals surface area (Å²) in [6.45, 7) is 14.5. The third kappa shape index (κ3) is 5.26. The van der Waals surface area contributed by atoms with Crippen LogP contribution in [0, 0.1) is 57.2 Å². The summed E-state index contributed by atoms with van der Waals surface area (Å²) in [5.41, 5.74) is -2.06. The molecule has 11 heteroatoms. The number of hydrogen-bond donors (Lipinski definition) is 2. The second kappa shape index (κ2) is 12.2. The number of aliphatic carboxylic acids is 1. The van der Waals surface area contributed by atoms with Gasteiger partial charge >= 0.3 is 23.7 Å². The van der Waals surface area contributed by atoms with Gasteiger partial charge < -0.3 is 28.7 Å². The molecule has 5 aliphatic carbocycles. The lowest BCUT2D eigenvalue weighted by Crippen LogP contribution is -2.69. The van der Waals surface area contributed by atoms with Crippen molar-refractivity contribution in [2.75, 3.05) is 13.7 Å². The fourth-order valence-electron chi connectivity index (χ4n) is 11.9. The minimum Gasteiger partial charge on any atom is -0.481 e. The molecule has 11 nitrogen and oxygen atoms in total. The number of fused-ring (bicyclic) bond motifs is 7. The molecule has 0 unspecified atom stereocenters. The Morgan fingerprint density at radius 3 is 2.30 bits per heavy atom. The second-order valence-corrected chi connectivity index (χ2v) is 17.7. The van der Waals surface area contributed by atoms with Gasteiger partial charge in [0, 0.05) is 18.5 Å². The number of ether oxygens (including phenoxy) is 2. The first-order chi connectivity index (χ1) is 23.3. The van der Waals surface area contributed by atoms with E-state index in [0.29, 0.717) is 38.6 Å². The number of ketones is 1. The minimum atomic E-state index is -1.08. The van der Waals surface area contributed by atoms with E-state index in [1.54, 1.807) is 6.92 Å². The van der Waals surface area contributed by atoms with Crippen molar-refractivity contribution in [3.63, 3.8) is 0 Å². The van der Waals surface area contributed by atoms with Gasteiger partial charge in [0.05, 0.1) is 24.4 Å². The number of carboxylic acid groups (broad SMARTS) is 1. The number of aryl methyl sites for hydroxylation is 1. The first-order valence-corrected chi connectivity index (χ1v) is 18.4. The Kier molecular flexibility index (Phi) is 8.92. The maximum Gasteiger partial charge on any atom is 0.519 e. The van der Waals surface area contributed by atoms with Gasteiger partial charge in [-0.1, -0.05) is 33.3 Å². The van der Waals surface area contributed by atoms with Gasteiger partial charge in [0.15, 0.2) is 23.9 Å². The summed E-state index contributed by atoms with van der Waals surface area (Å²) >= 11 is 0. The average Bonchev–Trinajstić information content (AvgIpc) is 3.38. The molecule has 276 valence electrons. The molecule has 0 bridgehead atoms. The zero-order valence-corrected chi connectivity index (χ0v) is 31.0. The van der Waals surface area contributed by atoms with Crippen molar-refractivity contribution in [1.82, 2.24) is 5.32 Å². The summed E-state index contributed by atoms with van der Waals surface area (Å²) in [6.07, 6.45) is 8.69. The van der Waals surface area contributed by atoms with Crippen LogP contribution in [-0.4, -0.2) is 48.5 Å². The van der Waals surface area contributed by atoms with Crippen LogP contribution in [0.1, 0.15) is 117 Å². The molecule has 2 N–H and O–H groups in total. The van der Waals surface area contributed by atoms with Crippen LogP contribution >= 0.6 is 0 Å². The smallest absolute Gasteiger partial charge is 0.481 e. The molecule has 0 aromatic carbocycles. The number of methoxy groups -OCH3 is 1. The largest absolute Gasteiger partial charge is 0.519 e. The maximum absolute atomic E-state index is 14.8. The van der Waals surface area contributed by atoms with Crippen LogP contribution in [0.25, 0.3) is 0 Å². The molecule has 5 aliphatic rings. The van der Waals surface area contributed by atoms with Crippen molar-refractivity contribution in [2.24, 2.45) is 50.2 Å². The fraction of sp³-hybridized carbons (Fsp3) is 0.769. The van der Waals surface area contributed by atoms with Crippen LogP contribution in [0.4, 0.5) is 0 Å². The molecule has 6 rings (SSSR count). The van der Waals surface area contributed by atoms with E-state index >= 15 is 0 Å². The molecule has 4 saturated carbocycles. The molecule has 1 aromatic rings. The first-order valence-electron chi connectivity index (χ1n) is 18.4. The summed E-state index contributed by atoms with van der Waals surface area (Å²) in [6, 6.07) is -0.341. The van der Waals surface area contributed by atoms with Crippen LogP contribution in [0.2, 0.25) is 0 Å². The normalized spacial score (nSPS) is 42.2. The molecule has 10 atom stereocenters. The number of hydrogen-bond acceptors (Lipinski definition) is 10. The monoisotopic (exact) mass is 697 g/mol. The molecule has 0 saturated heterocycles. The lowest BCUT2D eigenvalue weighted by atomic mass is 9.33. The van der Waals surface area contributed by atoms with E-state index in [9.17, 15) is 29.1 Å². The fourth-order valence-corrected chi connectivity index (χ4v) is 11.9. The van der Waals surface area contributed by atoms with Crippen LogP contribution in [0.15, 0.2) is 25.3 Å². The maximum atomic E-state index is 14.8. The Balaban J connectivity index is 1.37. The minimum absolute atomic E-state index is 0.0183. The Labute approximate surface area is 294 Å². The molecule has 4 fully saturated rings. The van der Waals surface area contributed by atoms with Crippen molar-refractivity contribution in [1.29, 1.82) is 0 Å². The predicted octanol–water partition coefficient (Wildman–Crippen LogP) is 6.15. The topological polar surface area (TPSA) is 162 Å². The molecular formula is C39H55NO10. The zero-order chi connectivity index (χ0) is 36.7. The molecule has 0 amide bonds. The predicted molar refractivity (Wildman–Crippen MR) is 182 cm³/mol. The number of rotatable bonds is 8. The molecule has 50 heavy (non-hydrogen) atoms. The zero-order valence-electron chi connectivity index (χ0n) is 31.0. The van der Waals surface area contributed by atoms with Crippen LogP contribution in [0.5, 0.6) is 0 Å². The number of carbonyl (C=O) groups excluding carboxylic acids is 3. The van der Waals surface area contributed by atoms with E-state index in [1.807, 2.05) is 19.9 Å². The molecule has 1 aromatic heterocycles. The average molecular weight is 698 g/mol. The Morgan fingerprint density at radius 1 is 0.960 bits per heavy atom. The second-order valence-electron chi connectivity index (χ2n) is 17.7. The Hall–Kier alpha value is -3.21. The third-order valence-electron chi connectivity index (χ3n) is 15.3. The standard InChI is InChI=1S/C39H55NO10/c1-22-26(50-33(46)49-22)21-48-32(45)39(7)27-9-13-38(6)30(36(27,4)12-10-28(39)40-18-11-29(42)47-8)25(41)19-23-24-20-35(3,31(43)44)15-14-34(24,2)16-17-37(23,38)5/h19,24,27-28,30,40H,9-18,20-21H2,1-8H3,(H,43,44)/t24-,27+,28-,30+,34+,35-,36-,37+,38+,39-/m0/s1. The molecule has 0 aliphatic heterocycles. The lowest BCUT2D eigenvalue weighted by Gasteiger charge is -2.70. The third-order valence-corrected chi connectivity index (χ3v) is 15.3. The summed E-state index contributed by atoms with van der Waals surface area (Å²) in [5.74, 6) is -2.51. The van der Waals surface area contributed by atoms with E-state index in [2.05, 4.69) is 33.0 Å². The summed E-state index contributed by atoms with van der Waals surface area (Å²) in [7, 11) is 1.35. The highest BCUT2D eigenvalue weighted by molar-refractivity contribution is 5.96. The van der Waals surface area contributed by atoms with Crippen molar-refractivity contribution in [3.05, 3.63) is 33.8 Å². The van der Waals surface area contributed by atoms with E-state index < -0.39 is 39.4 Å². The summed E-state index contributed by atoms with van der Waals surface area (Å²) in [4.78, 5) is 65.4. The van der Waals surface area contributed by atoms with E-state index in [1.165, 1.54) is 7.11 Å². The SMILES string of the molecule is COC(=O)CCN[C@H]1CC[C@@]2(C)[C@@H](CC[C@]3(C)[C@@H]2C(=O)C=C2[C@@H]4C[C@@](C)(C(=O)O)CC[C@]4(C)CC[C@]23C)[C@]1(C)C(=O)OCc1oc(=O)oc1C. The highest BCUT2D eigenvalue weighted by Gasteiger charge is 2.72. The van der Waals surface area contributed by atoms with Crippen molar-refractivity contribution in [3.8, 4) is 0 Å². The van der Waals surface area contributed by atoms with E-state index in [-0.39, 0.29) is 70.9 Å². The van der Waals surface area contributed by atoms with Gasteiger partial charge in [-0.05, 0) is 118 Å². The van der Waals surface area contributed by atoms with Crippen LogP contribution < -0.4 is 11.1 Å². The number of allylic oxidation sites excluding steroid dienone is 2. The van der Waals surface area contributed by atoms with Gasteiger partial charge in [-0.25, -0.2) is 4.79 Å². The van der Waals surface area contributed by atoms with Crippen LogP contribution in [0.3, 0.4) is 0 Å². The molecule has 0 radical (unpaired) electrons.